The van der Waals surface area contributed by atoms with Crippen molar-refractivity contribution in [2.45, 2.75) is 46.3 Å². The number of amides is 3. The molecule has 0 atom stereocenters. The maximum absolute atomic E-state index is 12.7. The van der Waals surface area contributed by atoms with E-state index in [1.807, 2.05) is 41.4 Å². The summed E-state index contributed by atoms with van der Waals surface area (Å²) in [6.45, 7) is 6.55. The molecule has 3 aromatic heterocycles. The first-order valence-electron chi connectivity index (χ1n) is 15.8. The normalized spacial score (nSPS) is 13.4. The molecule has 0 saturated heterocycles. The van der Waals surface area contributed by atoms with E-state index in [9.17, 15) is 14.4 Å². The van der Waals surface area contributed by atoms with Crippen molar-refractivity contribution in [1.82, 2.24) is 35.1 Å². The number of benzene rings is 2. The van der Waals surface area contributed by atoms with Gasteiger partial charge in [-0.15, -0.1) is 0 Å². The molecule has 0 aliphatic carbocycles. The van der Waals surface area contributed by atoms with Crippen LogP contribution in [0.15, 0.2) is 67.0 Å². The summed E-state index contributed by atoms with van der Waals surface area (Å²) in [6.07, 6.45) is 4.80. The molecule has 0 fully saturated rings. The van der Waals surface area contributed by atoms with Gasteiger partial charge in [0, 0.05) is 86.0 Å². The Bertz CT molecular complexity index is 2120. The van der Waals surface area contributed by atoms with Gasteiger partial charge in [0.15, 0.2) is 0 Å². The molecule has 0 saturated carbocycles. The smallest absolute Gasteiger partial charge is 0.269 e. The fourth-order valence-electron chi connectivity index (χ4n) is 6.27. The van der Waals surface area contributed by atoms with Gasteiger partial charge in [0.2, 0.25) is 5.91 Å². The van der Waals surface area contributed by atoms with E-state index in [4.69, 9.17) is 9.97 Å². The minimum Gasteiger partial charge on any atom is -0.350 e. The number of pyridine rings is 2. The minimum atomic E-state index is -0.275. The summed E-state index contributed by atoms with van der Waals surface area (Å²) < 4.78 is 2.25. The molecule has 2 aliphatic heterocycles. The zero-order valence-corrected chi connectivity index (χ0v) is 26.3. The second-order valence-electron chi connectivity index (χ2n) is 11.6. The lowest BCUT2D eigenvalue weighted by molar-refractivity contribution is -0.130. The molecule has 0 radical (unpaired) electrons. The van der Waals surface area contributed by atoms with E-state index in [2.05, 4.69) is 51.1 Å². The molecule has 5 heterocycles. The number of imidazole rings is 1. The van der Waals surface area contributed by atoms with Crippen LogP contribution in [0.25, 0.3) is 33.3 Å². The lowest BCUT2D eigenvalue weighted by Gasteiger charge is -2.28. The highest BCUT2D eigenvalue weighted by Crippen LogP contribution is 2.34. The molecule has 0 unspecified atom stereocenters. The molecule has 7 rings (SSSR count). The number of rotatable bonds is 6. The molecule has 3 amide bonds. The van der Waals surface area contributed by atoms with Crippen LogP contribution in [0.5, 0.6) is 0 Å². The lowest BCUT2D eigenvalue weighted by atomic mass is 10.0. The molecule has 0 bridgehead atoms. The van der Waals surface area contributed by atoms with E-state index in [1.54, 1.807) is 25.3 Å². The number of carbonyl (C=O) groups excluding carboxylic acids is 3. The Morgan fingerprint density at radius 2 is 1.87 bits per heavy atom. The van der Waals surface area contributed by atoms with E-state index < -0.39 is 0 Å². The first-order valence-corrected chi connectivity index (χ1v) is 15.8. The summed E-state index contributed by atoms with van der Waals surface area (Å²) in [4.78, 5) is 52.8. The Labute approximate surface area is 272 Å². The van der Waals surface area contributed by atoms with Crippen molar-refractivity contribution in [3.63, 3.8) is 0 Å². The van der Waals surface area contributed by atoms with Crippen molar-refractivity contribution < 1.29 is 14.4 Å². The highest BCUT2D eigenvalue weighted by atomic mass is 16.2. The summed E-state index contributed by atoms with van der Waals surface area (Å²) in [5.41, 5.74) is 7.22. The largest absolute Gasteiger partial charge is 0.350 e. The van der Waals surface area contributed by atoms with E-state index in [0.29, 0.717) is 43.9 Å². The van der Waals surface area contributed by atoms with Gasteiger partial charge in [-0.1, -0.05) is 43.0 Å². The van der Waals surface area contributed by atoms with Crippen LogP contribution < -0.4 is 10.6 Å². The van der Waals surface area contributed by atoms with Crippen LogP contribution in [0, 0.1) is 11.8 Å². The van der Waals surface area contributed by atoms with Gasteiger partial charge in [0.05, 0.1) is 23.6 Å². The predicted molar refractivity (Wildman–Crippen MR) is 178 cm³/mol. The fraction of sp³-hybridized carbons (Fsp3) is 0.243. The quantitative estimate of drug-likeness (QED) is 0.212. The molecule has 5 aromatic rings. The fourth-order valence-corrected chi connectivity index (χ4v) is 6.27. The third-order valence-corrected chi connectivity index (χ3v) is 8.76. The van der Waals surface area contributed by atoms with Crippen molar-refractivity contribution in [3.05, 3.63) is 101 Å². The number of aromatic nitrogens is 4. The Morgan fingerprint density at radius 3 is 2.68 bits per heavy atom. The van der Waals surface area contributed by atoms with Gasteiger partial charge in [0.25, 0.3) is 11.8 Å². The van der Waals surface area contributed by atoms with Crippen molar-refractivity contribution in [2.24, 2.45) is 0 Å². The molecular formula is C37H33N7O3. The Kier molecular flexibility index (Phi) is 7.96. The number of hydrogen-bond acceptors (Lipinski definition) is 6. The molecule has 0 spiro atoms. The minimum absolute atomic E-state index is 0.0666. The number of carbonyl (C=O) groups is 3. The number of aryl methyl sites for hydroxylation is 1. The first kappa shape index (κ1) is 29.9. The van der Waals surface area contributed by atoms with Crippen LogP contribution >= 0.6 is 0 Å². The van der Waals surface area contributed by atoms with Crippen LogP contribution in [-0.2, 0) is 30.8 Å². The van der Waals surface area contributed by atoms with Gasteiger partial charge >= 0.3 is 0 Å². The van der Waals surface area contributed by atoms with Gasteiger partial charge in [0.1, 0.15) is 11.5 Å². The zero-order valence-electron chi connectivity index (χ0n) is 26.3. The summed E-state index contributed by atoms with van der Waals surface area (Å²) in [5.74, 6) is 6.95. The van der Waals surface area contributed by atoms with E-state index in [0.717, 1.165) is 68.9 Å². The third-order valence-electron chi connectivity index (χ3n) is 8.76. The van der Waals surface area contributed by atoms with Gasteiger partial charge in [-0.2, -0.15) is 0 Å². The molecular weight excluding hydrogens is 590 g/mol. The van der Waals surface area contributed by atoms with Crippen molar-refractivity contribution in [3.8, 4) is 34.4 Å². The highest BCUT2D eigenvalue weighted by molar-refractivity contribution is 5.99. The SMILES string of the molecule is CCc1nc(-c2cccc3cc(-c4ccc(C(=O)NCCC#Cc5cccc6c5CNC6=O)nc4)ncc23)c2n1CCN(C(C)=O)C2. The number of nitrogens with one attached hydrogen (secondary N) is 2. The zero-order chi connectivity index (χ0) is 32.5. The standard InChI is InChI=1S/C37H33N7O3/c1-3-34-42-35(33-22-43(23(2)45)16-17-44(33)34)27-11-7-10-25-18-32(40-20-30(25)27)26-13-14-31(39-19-26)37(47)38-15-5-4-8-24-9-6-12-28-29(24)21-41-36(28)46/h6-7,9-14,18-20H,3,5,15-17,21-22H2,1-2H3,(H,38,47)(H,41,46). The van der Waals surface area contributed by atoms with Crippen LogP contribution in [0.1, 0.15) is 63.8 Å². The summed E-state index contributed by atoms with van der Waals surface area (Å²) in [6, 6.07) is 17.2. The molecule has 2 aliphatic rings. The van der Waals surface area contributed by atoms with Crippen LogP contribution in [0.3, 0.4) is 0 Å². The first-order chi connectivity index (χ1) is 22.9. The highest BCUT2D eigenvalue weighted by Gasteiger charge is 2.26. The maximum Gasteiger partial charge on any atom is 0.269 e. The van der Waals surface area contributed by atoms with Crippen LogP contribution in [0.2, 0.25) is 0 Å². The van der Waals surface area contributed by atoms with Gasteiger partial charge in [-0.05, 0) is 41.3 Å². The maximum atomic E-state index is 12.7. The van der Waals surface area contributed by atoms with Crippen molar-refractivity contribution in [2.75, 3.05) is 13.1 Å². The van der Waals surface area contributed by atoms with Crippen LogP contribution in [0.4, 0.5) is 0 Å². The molecule has 47 heavy (non-hydrogen) atoms. The van der Waals surface area contributed by atoms with Gasteiger partial charge in [-0.25, -0.2) is 4.98 Å². The number of fused-ring (bicyclic) bond motifs is 3. The molecule has 2 N–H and O–H groups in total. The summed E-state index contributed by atoms with van der Waals surface area (Å²) in [7, 11) is 0. The lowest BCUT2D eigenvalue weighted by Crippen LogP contribution is -2.37. The molecule has 234 valence electrons. The average Bonchev–Trinajstić information content (AvgIpc) is 3.67. The predicted octanol–water partition coefficient (Wildman–Crippen LogP) is 4.50. The van der Waals surface area contributed by atoms with Gasteiger partial charge in [-0.3, -0.25) is 24.4 Å². The Hall–Kier alpha value is -5.82. The average molecular weight is 624 g/mol. The molecule has 10 heteroatoms. The third kappa shape index (κ3) is 5.72. The molecule has 2 aromatic carbocycles. The topological polar surface area (TPSA) is 122 Å². The Balaban J connectivity index is 1.04. The van der Waals surface area contributed by atoms with E-state index >= 15 is 0 Å². The Morgan fingerprint density at radius 1 is 1.02 bits per heavy atom. The summed E-state index contributed by atoms with van der Waals surface area (Å²) in [5, 5.41) is 7.68. The monoisotopic (exact) mass is 623 g/mol. The molecule has 10 nitrogen and oxygen atoms in total. The van der Waals surface area contributed by atoms with Crippen LogP contribution in [-0.4, -0.2) is 55.2 Å². The van der Waals surface area contributed by atoms with Crippen molar-refractivity contribution >= 4 is 28.5 Å². The van der Waals surface area contributed by atoms with Crippen molar-refractivity contribution in [1.29, 1.82) is 0 Å². The second-order valence-corrected chi connectivity index (χ2v) is 11.6. The number of hydrogen-bond donors (Lipinski definition) is 2. The van der Waals surface area contributed by atoms with E-state index in [1.165, 1.54) is 0 Å². The number of nitrogens with zero attached hydrogens (tertiary/aromatic N) is 5. The van der Waals surface area contributed by atoms with E-state index in [-0.39, 0.29) is 17.7 Å². The second kappa shape index (κ2) is 12.5. The summed E-state index contributed by atoms with van der Waals surface area (Å²) >= 11 is 0. The van der Waals surface area contributed by atoms with Gasteiger partial charge < -0.3 is 20.1 Å².